The van der Waals surface area contributed by atoms with Gasteiger partial charge in [0, 0.05) is 45.5 Å². The molecule has 2 aromatic rings. The van der Waals surface area contributed by atoms with Gasteiger partial charge < -0.3 is 20.0 Å². The van der Waals surface area contributed by atoms with Crippen molar-refractivity contribution in [1.82, 2.24) is 10.2 Å². The van der Waals surface area contributed by atoms with Crippen LogP contribution in [0.2, 0.25) is 0 Å². The van der Waals surface area contributed by atoms with Crippen molar-refractivity contribution in [2.45, 2.75) is 6.42 Å². The fourth-order valence-corrected chi connectivity index (χ4v) is 4.55. The van der Waals surface area contributed by atoms with Crippen LogP contribution < -0.4 is 15.1 Å². The lowest BCUT2D eigenvalue weighted by atomic mass is 10.2. The van der Waals surface area contributed by atoms with Gasteiger partial charge in [-0.25, -0.2) is 0 Å². The first-order valence-corrected chi connectivity index (χ1v) is 10.3. The summed E-state index contributed by atoms with van der Waals surface area (Å²) < 4.78 is 0. The van der Waals surface area contributed by atoms with Gasteiger partial charge in [0.2, 0.25) is 5.91 Å². The Hall–Kier alpha value is -1.81. The molecule has 0 aliphatic carbocycles. The Bertz CT molecular complexity index is 818. The highest BCUT2D eigenvalue weighted by Crippen LogP contribution is 2.27. The van der Waals surface area contributed by atoms with E-state index in [0.29, 0.717) is 0 Å². The van der Waals surface area contributed by atoms with Crippen molar-refractivity contribution in [3.8, 4) is 0 Å². The maximum Gasteiger partial charge on any atom is 0.246 e. The quantitative estimate of drug-likeness (QED) is 0.391. The van der Waals surface area contributed by atoms with Crippen molar-refractivity contribution in [2.24, 2.45) is 4.99 Å². The number of carbonyl (C=O) groups excluding carboxylic acids is 1. The van der Waals surface area contributed by atoms with Crippen LogP contribution in [0.3, 0.4) is 0 Å². The number of aliphatic imine (C=N–C) groups is 1. The van der Waals surface area contributed by atoms with Gasteiger partial charge in [-0.3, -0.25) is 9.79 Å². The first kappa shape index (κ1) is 20.9. The van der Waals surface area contributed by atoms with Crippen LogP contribution in [-0.2, 0) is 11.2 Å². The number of piperazine rings is 1. The molecule has 2 aliphatic rings. The highest BCUT2D eigenvalue weighted by Gasteiger charge is 2.25. The molecule has 3 heterocycles. The minimum atomic E-state index is 0. The van der Waals surface area contributed by atoms with Crippen molar-refractivity contribution in [3.63, 3.8) is 0 Å². The van der Waals surface area contributed by atoms with Gasteiger partial charge in [-0.2, -0.15) is 0 Å². The van der Waals surface area contributed by atoms with E-state index in [4.69, 9.17) is 0 Å². The number of fused-ring (bicyclic) bond motifs is 1. The number of anilines is 2. The highest BCUT2D eigenvalue weighted by atomic mass is 127. The van der Waals surface area contributed by atoms with Gasteiger partial charge >= 0.3 is 0 Å². The van der Waals surface area contributed by atoms with E-state index in [1.54, 1.807) is 18.4 Å². The van der Waals surface area contributed by atoms with Crippen LogP contribution in [0.5, 0.6) is 0 Å². The molecule has 1 saturated heterocycles. The number of nitrogens with one attached hydrogen (secondary N) is 1. The molecule has 1 aromatic heterocycles. The number of hydrogen-bond acceptors (Lipinski definition) is 4. The number of thiophene rings is 1. The summed E-state index contributed by atoms with van der Waals surface area (Å²) in [6.45, 7) is 4.77. The number of carbonyl (C=O) groups is 1. The van der Waals surface area contributed by atoms with E-state index in [2.05, 4.69) is 43.7 Å². The second-order valence-electron chi connectivity index (χ2n) is 6.75. The lowest BCUT2D eigenvalue weighted by Crippen LogP contribution is -2.53. The molecular weight excluding hydrogens is 485 g/mol. The van der Waals surface area contributed by atoms with Crippen LogP contribution in [0.25, 0.3) is 0 Å². The highest BCUT2D eigenvalue weighted by molar-refractivity contribution is 14.0. The Labute approximate surface area is 187 Å². The van der Waals surface area contributed by atoms with E-state index in [1.165, 1.54) is 10.6 Å². The van der Waals surface area contributed by atoms with Crippen molar-refractivity contribution in [3.05, 3.63) is 47.3 Å². The molecule has 6 nitrogen and oxygen atoms in total. The van der Waals surface area contributed by atoms with Crippen LogP contribution in [0, 0.1) is 0 Å². The summed E-state index contributed by atoms with van der Waals surface area (Å²) in [6, 6.07) is 12.4. The zero-order valence-corrected chi connectivity index (χ0v) is 19.2. The van der Waals surface area contributed by atoms with Gasteiger partial charge in [0.1, 0.15) is 0 Å². The molecule has 1 aromatic carbocycles. The first-order chi connectivity index (χ1) is 13.3. The molecule has 0 bridgehead atoms. The third kappa shape index (κ3) is 4.43. The number of rotatable bonds is 3. The van der Waals surface area contributed by atoms with Gasteiger partial charge in [0.05, 0.1) is 11.5 Å². The molecule has 1 amide bonds. The Morgan fingerprint density at radius 1 is 1.11 bits per heavy atom. The molecule has 4 rings (SSSR count). The number of hydrogen-bond donors (Lipinski definition) is 1. The fraction of sp³-hybridized carbons (Fsp3) is 0.400. The molecule has 1 N–H and O–H groups in total. The predicted octanol–water partition coefficient (Wildman–Crippen LogP) is 2.65. The lowest BCUT2D eigenvalue weighted by molar-refractivity contribution is -0.117. The van der Waals surface area contributed by atoms with E-state index in [9.17, 15) is 4.79 Å². The van der Waals surface area contributed by atoms with E-state index < -0.39 is 0 Å². The monoisotopic (exact) mass is 511 g/mol. The lowest BCUT2D eigenvalue weighted by Gasteiger charge is -2.37. The van der Waals surface area contributed by atoms with Crippen molar-refractivity contribution < 1.29 is 4.79 Å². The minimum absolute atomic E-state index is 0. The number of halogens is 1. The summed E-state index contributed by atoms with van der Waals surface area (Å²) in [5, 5.41) is 6.70. The molecule has 0 radical (unpaired) electrons. The molecule has 150 valence electrons. The van der Waals surface area contributed by atoms with Crippen LogP contribution in [-0.4, -0.2) is 63.1 Å². The van der Waals surface area contributed by atoms with Crippen molar-refractivity contribution in [2.75, 3.05) is 56.1 Å². The average molecular weight is 511 g/mol. The van der Waals surface area contributed by atoms with Crippen molar-refractivity contribution in [1.29, 1.82) is 0 Å². The smallest absolute Gasteiger partial charge is 0.246 e. The average Bonchev–Trinajstić information content (AvgIpc) is 3.39. The summed E-state index contributed by atoms with van der Waals surface area (Å²) in [7, 11) is 1.78. The third-order valence-electron chi connectivity index (χ3n) is 5.19. The normalized spacial score (nSPS) is 16.6. The Kier molecular flexibility index (Phi) is 7.17. The van der Waals surface area contributed by atoms with E-state index >= 15 is 0 Å². The molecule has 0 unspecified atom stereocenters. The molecule has 0 saturated carbocycles. The molecule has 0 atom stereocenters. The van der Waals surface area contributed by atoms with Gasteiger partial charge in [-0.15, -0.1) is 35.3 Å². The number of amides is 1. The Morgan fingerprint density at radius 2 is 1.89 bits per heavy atom. The van der Waals surface area contributed by atoms with Gasteiger partial charge in [-0.05, 0) is 35.6 Å². The van der Waals surface area contributed by atoms with Gasteiger partial charge in [-0.1, -0.05) is 18.2 Å². The van der Waals surface area contributed by atoms with E-state index in [-0.39, 0.29) is 36.4 Å². The minimum Gasteiger partial charge on any atom is -0.360 e. The number of benzene rings is 1. The summed E-state index contributed by atoms with van der Waals surface area (Å²) in [6.07, 6.45) is 0.932. The number of nitrogens with zero attached hydrogens (tertiary/aromatic N) is 4. The molecular formula is C20H26IN5OS. The standard InChI is InChI=1S/C20H25N5OS.HI/c1-21-20(24-12-10-23(11-13-24)19-7-4-14-27-19)22-15-18(26)25-9-8-16-5-2-3-6-17(16)25;/h2-7,14H,8-13,15H2,1H3,(H,21,22);1H. The fourth-order valence-electron chi connectivity index (χ4n) is 3.77. The second kappa shape index (κ2) is 9.60. The molecule has 28 heavy (non-hydrogen) atoms. The Morgan fingerprint density at radius 3 is 2.61 bits per heavy atom. The summed E-state index contributed by atoms with van der Waals surface area (Å²) in [4.78, 5) is 23.6. The Balaban J connectivity index is 0.00000225. The summed E-state index contributed by atoms with van der Waals surface area (Å²) >= 11 is 1.78. The number of guanidine groups is 1. The third-order valence-corrected chi connectivity index (χ3v) is 6.12. The number of para-hydroxylation sites is 1. The van der Waals surface area contributed by atoms with E-state index in [0.717, 1.165) is 50.8 Å². The van der Waals surface area contributed by atoms with Crippen LogP contribution in [0.15, 0.2) is 46.8 Å². The van der Waals surface area contributed by atoms with Crippen LogP contribution in [0.4, 0.5) is 10.7 Å². The second-order valence-corrected chi connectivity index (χ2v) is 7.68. The molecule has 1 fully saturated rings. The van der Waals surface area contributed by atoms with Gasteiger partial charge in [0.15, 0.2) is 5.96 Å². The zero-order valence-electron chi connectivity index (χ0n) is 16.0. The molecule has 0 spiro atoms. The predicted molar refractivity (Wildman–Crippen MR) is 127 cm³/mol. The molecule has 8 heteroatoms. The van der Waals surface area contributed by atoms with Gasteiger partial charge in [0.25, 0.3) is 0 Å². The maximum atomic E-state index is 12.7. The van der Waals surface area contributed by atoms with Crippen molar-refractivity contribution >= 4 is 57.9 Å². The largest absolute Gasteiger partial charge is 0.360 e. The summed E-state index contributed by atoms with van der Waals surface area (Å²) in [5.41, 5.74) is 2.30. The van der Waals surface area contributed by atoms with Crippen LogP contribution in [0.1, 0.15) is 5.56 Å². The topological polar surface area (TPSA) is 51.2 Å². The van der Waals surface area contributed by atoms with E-state index in [1.807, 2.05) is 23.1 Å². The maximum absolute atomic E-state index is 12.7. The molecule has 2 aliphatic heterocycles. The summed E-state index contributed by atoms with van der Waals surface area (Å²) in [5.74, 6) is 0.903. The SMILES string of the molecule is CN=C(NCC(=O)N1CCc2ccccc21)N1CCN(c2cccs2)CC1.I. The van der Waals surface area contributed by atoms with Crippen LogP contribution >= 0.6 is 35.3 Å². The first-order valence-electron chi connectivity index (χ1n) is 9.38. The zero-order chi connectivity index (χ0) is 18.6.